The number of piperazine rings is 1. The van der Waals surface area contributed by atoms with Gasteiger partial charge in [-0.3, -0.25) is 9.69 Å². The number of ether oxygens (including phenoxy) is 1. The van der Waals surface area contributed by atoms with Gasteiger partial charge in [0.1, 0.15) is 0 Å². The number of rotatable bonds is 4. The van der Waals surface area contributed by atoms with Crippen LogP contribution in [0.2, 0.25) is 0 Å². The first-order valence-electron chi connectivity index (χ1n) is 12.1. The Morgan fingerprint density at radius 2 is 2.00 bits per heavy atom. The molecular formula is C27H32N6O3. The summed E-state index contributed by atoms with van der Waals surface area (Å²) in [5.74, 6) is 0.770. The van der Waals surface area contributed by atoms with Gasteiger partial charge in [-0.1, -0.05) is 18.2 Å². The van der Waals surface area contributed by atoms with E-state index in [-0.39, 0.29) is 12.5 Å². The van der Waals surface area contributed by atoms with E-state index in [2.05, 4.69) is 62.6 Å². The predicted molar refractivity (Wildman–Crippen MR) is 139 cm³/mol. The lowest BCUT2D eigenvalue weighted by atomic mass is 9.98. The SMILES string of the molecule is Cc1c(C#N)cccc1[C@@H](C)Nc1nnc(C)c2ccc(N3CCN4CCOCC4C3)cc12.O=CO. The minimum Gasteiger partial charge on any atom is -0.483 e. The molecule has 0 aliphatic carbocycles. The number of nitrogens with one attached hydrogen (secondary N) is 1. The van der Waals surface area contributed by atoms with Crippen molar-refractivity contribution in [3.05, 3.63) is 58.8 Å². The third kappa shape index (κ3) is 5.25. The van der Waals surface area contributed by atoms with Crippen molar-refractivity contribution in [2.45, 2.75) is 32.9 Å². The predicted octanol–water partition coefficient (Wildman–Crippen LogP) is 3.51. The molecule has 0 spiro atoms. The molecule has 2 saturated heterocycles. The van der Waals surface area contributed by atoms with Crippen LogP contribution in [0, 0.1) is 25.2 Å². The zero-order chi connectivity index (χ0) is 25.7. The molecule has 9 nitrogen and oxygen atoms in total. The van der Waals surface area contributed by atoms with Gasteiger partial charge in [0.15, 0.2) is 5.82 Å². The molecule has 2 aliphatic heterocycles. The quantitative estimate of drug-likeness (QED) is 0.532. The van der Waals surface area contributed by atoms with Crippen molar-refractivity contribution in [1.29, 1.82) is 5.26 Å². The molecule has 1 aromatic heterocycles. The highest BCUT2D eigenvalue weighted by atomic mass is 16.5. The van der Waals surface area contributed by atoms with Gasteiger partial charge >= 0.3 is 0 Å². The topological polar surface area (TPSA) is 115 Å². The van der Waals surface area contributed by atoms with Gasteiger partial charge in [0.2, 0.25) is 0 Å². The minimum absolute atomic E-state index is 0.00917. The summed E-state index contributed by atoms with van der Waals surface area (Å²) < 4.78 is 5.72. The van der Waals surface area contributed by atoms with E-state index in [4.69, 9.17) is 14.6 Å². The summed E-state index contributed by atoms with van der Waals surface area (Å²) in [5, 5.41) is 31.0. The van der Waals surface area contributed by atoms with Crippen LogP contribution in [0.1, 0.15) is 35.3 Å². The summed E-state index contributed by atoms with van der Waals surface area (Å²) in [6.45, 7) is 11.6. The second-order valence-electron chi connectivity index (χ2n) is 9.18. The summed E-state index contributed by atoms with van der Waals surface area (Å²) in [4.78, 5) is 13.4. The van der Waals surface area contributed by atoms with Gasteiger partial charge < -0.3 is 20.1 Å². The van der Waals surface area contributed by atoms with Gasteiger partial charge in [-0.25, -0.2) is 0 Å². The highest BCUT2D eigenvalue weighted by Crippen LogP contribution is 2.32. The van der Waals surface area contributed by atoms with Crippen LogP contribution in [-0.2, 0) is 9.53 Å². The number of hydrogen-bond acceptors (Lipinski definition) is 8. The number of nitriles is 1. The maximum absolute atomic E-state index is 9.40. The fourth-order valence-corrected chi connectivity index (χ4v) is 5.09. The van der Waals surface area contributed by atoms with E-state index in [1.165, 1.54) is 5.69 Å². The normalized spacial score (nSPS) is 18.4. The van der Waals surface area contributed by atoms with E-state index >= 15 is 0 Å². The first-order valence-corrected chi connectivity index (χ1v) is 12.1. The lowest BCUT2D eigenvalue weighted by Crippen LogP contribution is -2.58. The third-order valence-corrected chi connectivity index (χ3v) is 7.07. The average molecular weight is 489 g/mol. The number of carbonyl (C=O) groups is 1. The number of nitrogens with zero attached hydrogens (tertiary/aromatic N) is 5. The Morgan fingerprint density at radius 1 is 1.19 bits per heavy atom. The van der Waals surface area contributed by atoms with Crippen LogP contribution in [0.15, 0.2) is 36.4 Å². The van der Waals surface area contributed by atoms with Crippen molar-refractivity contribution in [2.24, 2.45) is 0 Å². The zero-order valence-corrected chi connectivity index (χ0v) is 20.9. The average Bonchev–Trinajstić information content (AvgIpc) is 2.90. The molecule has 188 valence electrons. The molecule has 2 aromatic carbocycles. The van der Waals surface area contributed by atoms with Crippen LogP contribution in [0.5, 0.6) is 0 Å². The van der Waals surface area contributed by atoms with Crippen LogP contribution in [0.4, 0.5) is 11.5 Å². The standard InChI is InChI=1S/C26H30N6O.CH2O2/c1-17-20(14-27)5-4-6-23(17)18(2)28-26-25-13-21(7-8-24(25)19(3)29-30-26)32-10-9-31-11-12-33-16-22(31)15-32;2-1-3/h4-8,13,18,22H,9-12,15-16H2,1-3H3,(H,28,30);1H,(H,2,3)/t18-,22?;/m1./s1. The molecule has 3 aromatic rings. The lowest BCUT2D eigenvalue weighted by molar-refractivity contribution is -0.122. The number of benzene rings is 2. The van der Waals surface area contributed by atoms with Crippen LogP contribution in [-0.4, -0.2) is 72.1 Å². The molecule has 2 atom stereocenters. The second-order valence-corrected chi connectivity index (χ2v) is 9.18. The number of aromatic nitrogens is 2. The minimum atomic E-state index is -0.250. The Balaban J connectivity index is 0.000000967. The maximum atomic E-state index is 9.40. The molecule has 3 heterocycles. The first kappa shape index (κ1) is 25.4. The molecule has 2 fully saturated rings. The van der Waals surface area contributed by atoms with E-state index in [1.807, 2.05) is 26.0 Å². The third-order valence-electron chi connectivity index (χ3n) is 7.07. The van der Waals surface area contributed by atoms with Crippen LogP contribution >= 0.6 is 0 Å². The lowest BCUT2D eigenvalue weighted by Gasteiger charge is -2.44. The van der Waals surface area contributed by atoms with Gasteiger partial charge in [0.25, 0.3) is 6.47 Å². The van der Waals surface area contributed by atoms with Crippen molar-refractivity contribution in [3.8, 4) is 6.07 Å². The molecule has 0 bridgehead atoms. The number of carboxylic acid groups (broad SMARTS) is 1. The van der Waals surface area contributed by atoms with Crippen molar-refractivity contribution >= 4 is 28.7 Å². The zero-order valence-electron chi connectivity index (χ0n) is 20.9. The van der Waals surface area contributed by atoms with Crippen LogP contribution in [0.3, 0.4) is 0 Å². The Bertz CT molecular complexity index is 1270. The Morgan fingerprint density at radius 3 is 2.78 bits per heavy atom. The van der Waals surface area contributed by atoms with E-state index < -0.39 is 0 Å². The number of fused-ring (bicyclic) bond motifs is 2. The van der Waals surface area contributed by atoms with Gasteiger partial charge in [-0.05, 0) is 50.1 Å². The smallest absolute Gasteiger partial charge is 0.290 e. The highest BCUT2D eigenvalue weighted by molar-refractivity contribution is 5.95. The number of morpholine rings is 1. The van der Waals surface area contributed by atoms with Crippen molar-refractivity contribution in [2.75, 3.05) is 49.6 Å². The summed E-state index contributed by atoms with van der Waals surface area (Å²) >= 11 is 0. The van der Waals surface area contributed by atoms with E-state index in [1.54, 1.807) is 0 Å². The number of aryl methyl sites for hydroxylation is 1. The van der Waals surface area contributed by atoms with Crippen molar-refractivity contribution in [1.82, 2.24) is 15.1 Å². The highest BCUT2D eigenvalue weighted by Gasteiger charge is 2.29. The van der Waals surface area contributed by atoms with E-state index in [0.29, 0.717) is 11.6 Å². The summed E-state index contributed by atoms with van der Waals surface area (Å²) in [6, 6.07) is 15.2. The Kier molecular flexibility index (Phi) is 7.98. The Hall–Kier alpha value is -3.74. The number of hydrogen-bond donors (Lipinski definition) is 2. The van der Waals surface area contributed by atoms with E-state index in [9.17, 15) is 5.26 Å². The molecule has 2 aliphatic rings. The Labute approximate surface area is 211 Å². The monoisotopic (exact) mass is 488 g/mol. The molecule has 2 N–H and O–H groups in total. The molecule has 0 saturated carbocycles. The maximum Gasteiger partial charge on any atom is 0.290 e. The van der Waals surface area contributed by atoms with Crippen LogP contribution in [0.25, 0.3) is 10.8 Å². The summed E-state index contributed by atoms with van der Waals surface area (Å²) in [7, 11) is 0. The van der Waals surface area contributed by atoms with Gasteiger partial charge in [-0.15, -0.1) is 5.10 Å². The van der Waals surface area contributed by atoms with Crippen molar-refractivity contribution < 1.29 is 14.6 Å². The molecule has 1 unspecified atom stereocenters. The second kappa shape index (κ2) is 11.3. The summed E-state index contributed by atoms with van der Waals surface area (Å²) in [5.41, 5.74) is 4.92. The summed E-state index contributed by atoms with van der Waals surface area (Å²) in [6.07, 6.45) is 0. The molecular weight excluding hydrogens is 456 g/mol. The van der Waals surface area contributed by atoms with Crippen molar-refractivity contribution in [3.63, 3.8) is 0 Å². The van der Waals surface area contributed by atoms with Gasteiger partial charge in [0.05, 0.1) is 42.6 Å². The molecule has 5 rings (SSSR count). The van der Waals surface area contributed by atoms with Gasteiger partial charge in [-0.2, -0.15) is 10.4 Å². The molecule has 36 heavy (non-hydrogen) atoms. The first-order chi connectivity index (χ1) is 17.5. The van der Waals surface area contributed by atoms with E-state index in [0.717, 1.165) is 72.8 Å². The van der Waals surface area contributed by atoms with Crippen LogP contribution < -0.4 is 10.2 Å². The fourth-order valence-electron chi connectivity index (χ4n) is 5.09. The van der Waals surface area contributed by atoms with Gasteiger partial charge in [0, 0.05) is 42.6 Å². The molecule has 9 heteroatoms. The number of anilines is 2. The largest absolute Gasteiger partial charge is 0.483 e. The molecule has 0 amide bonds. The molecule has 0 radical (unpaired) electrons. The fraction of sp³-hybridized carbons (Fsp3) is 0.407.